The maximum atomic E-state index is 13.8. The van der Waals surface area contributed by atoms with E-state index in [1.807, 2.05) is 13.8 Å². The summed E-state index contributed by atoms with van der Waals surface area (Å²) in [5, 5.41) is 0. The van der Waals surface area contributed by atoms with E-state index in [2.05, 4.69) is 19.6 Å². The minimum Gasteiger partial charge on any atom is -0.431 e. The number of nitrogen functional groups attached to an aromatic ring is 1. The number of nitrogens with two attached hydrogens (primary N) is 1. The number of aromatic nitrogens is 3. The molecule has 2 aliphatic rings. The summed E-state index contributed by atoms with van der Waals surface area (Å²) in [4.78, 5) is 17.1. The molecule has 0 amide bonds. The van der Waals surface area contributed by atoms with Crippen molar-refractivity contribution in [3.63, 3.8) is 0 Å². The van der Waals surface area contributed by atoms with Crippen molar-refractivity contribution >= 4 is 17.6 Å². The predicted molar refractivity (Wildman–Crippen MR) is 110 cm³/mol. The van der Waals surface area contributed by atoms with E-state index in [1.54, 1.807) is 11.0 Å². The van der Waals surface area contributed by atoms with Crippen molar-refractivity contribution in [2.24, 2.45) is 0 Å². The van der Waals surface area contributed by atoms with Gasteiger partial charge in [-0.05, 0) is 26.3 Å². The molecule has 8 nitrogen and oxygen atoms in total. The SMILES string of the molecule is C[C@H]1CN(c2cc(-c3cnc(N)c(OC(F)F)c3)nc(N3CCC(F)C3)n2)[C@@H](C)CO1. The Balaban J connectivity index is 1.76. The van der Waals surface area contributed by atoms with Crippen LogP contribution in [0.2, 0.25) is 0 Å². The van der Waals surface area contributed by atoms with E-state index in [4.69, 9.17) is 15.5 Å². The summed E-state index contributed by atoms with van der Waals surface area (Å²) in [5.41, 5.74) is 6.57. The molecule has 11 heteroatoms. The third-order valence-corrected chi connectivity index (χ3v) is 5.41. The van der Waals surface area contributed by atoms with Gasteiger partial charge < -0.3 is 25.0 Å². The highest BCUT2D eigenvalue weighted by atomic mass is 19.3. The number of hydrogen-bond acceptors (Lipinski definition) is 8. The third-order valence-electron chi connectivity index (χ3n) is 5.41. The van der Waals surface area contributed by atoms with Gasteiger partial charge in [-0.1, -0.05) is 0 Å². The Morgan fingerprint density at radius 1 is 1.23 bits per heavy atom. The summed E-state index contributed by atoms with van der Waals surface area (Å²) in [6, 6.07) is 3.21. The van der Waals surface area contributed by atoms with Gasteiger partial charge in [0.15, 0.2) is 11.6 Å². The molecule has 2 aromatic heterocycles. The largest absolute Gasteiger partial charge is 0.431 e. The summed E-state index contributed by atoms with van der Waals surface area (Å²) in [5.74, 6) is 0.659. The van der Waals surface area contributed by atoms with Crippen LogP contribution in [0.3, 0.4) is 0 Å². The molecule has 2 aliphatic heterocycles. The molecule has 0 spiro atoms. The number of pyridine rings is 1. The Morgan fingerprint density at radius 3 is 2.74 bits per heavy atom. The second-order valence-corrected chi connectivity index (χ2v) is 7.87. The van der Waals surface area contributed by atoms with Gasteiger partial charge in [0, 0.05) is 30.9 Å². The van der Waals surface area contributed by atoms with Crippen LogP contribution in [-0.2, 0) is 4.74 Å². The van der Waals surface area contributed by atoms with Crippen LogP contribution in [0.1, 0.15) is 20.3 Å². The van der Waals surface area contributed by atoms with Crippen LogP contribution in [0.4, 0.5) is 30.8 Å². The Kier molecular flexibility index (Phi) is 6.03. The molecule has 0 radical (unpaired) electrons. The molecule has 2 aromatic rings. The van der Waals surface area contributed by atoms with Gasteiger partial charge in [0.1, 0.15) is 12.0 Å². The van der Waals surface area contributed by atoms with Crippen LogP contribution in [-0.4, -0.2) is 66.1 Å². The third kappa shape index (κ3) is 4.76. The summed E-state index contributed by atoms with van der Waals surface area (Å²) in [7, 11) is 0. The normalized spacial score (nSPS) is 24.1. The molecule has 2 saturated heterocycles. The summed E-state index contributed by atoms with van der Waals surface area (Å²) in [6.45, 7) is 2.85. The van der Waals surface area contributed by atoms with Gasteiger partial charge in [-0.2, -0.15) is 13.8 Å². The molecule has 4 rings (SSSR count). The molecule has 4 heterocycles. The fourth-order valence-corrected chi connectivity index (χ4v) is 3.77. The van der Waals surface area contributed by atoms with E-state index in [9.17, 15) is 13.2 Å². The lowest BCUT2D eigenvalue weighted by molar-refractivity contribution is -0.0494. The summed E-state index contributed by atoms with van der Waals surface area (Å²) in [6.07, 6.45) is 0.923. The van der Waals surface area contributed by atoms with E-state index in [0.29, 0.717) is 49.1 Å². The van der Waals surface area contributed by atoms with Gasteiger partial charge in [0.25, 0.3) is 0 Å². The van der Waals surface area contributed by atoms with Gasteiger partial charge >= 0.3 is 6.61 Å². The molecule has 0 aliphatic carbocycles. The van der Waals surface area contributed by atoms with Crippen LogP contribution < -0.4 is 20.3 Å². The van der Waals surface area contributed by atoms with Crippen LogP contribution in [0.25, 0.3) is 11.3 Å². The van der Waals surface area contributed by atoms with Crippen molar-refractivity contribution in [2.75, 3.05) is 41.8 Å². The minimum absolute atomic E-state index is 0.0179. The van der Waals surface area contributed by atoms with E-state index in [-0.39, 0.29) is 30.3 Å². The van der Waals surface area contributed by atoms with Crippen LogP contribution >= 0.6 is 0 Å². The van der Waals surface area contributed by atoms with Crippen molar-refractivity contribution in [3.05, 3.63) is 18.3 Å². The van der Waals surface area contributed by atoms with E-state index < -0.39 is 12.8 Å². The maximum Gasteiger partial charge on any atom is 0.387 e. The topological polar surface area (TPSA) is 89.6 Å². The van der Waals surface area contributed by atoms with Gasteiger partial charge in [0.05, 0.1) is 31.0 Å². The number of ether oxygens (including phenoxy) is 2. The van der Waals surface area contributed by atoms with E-state index in [1.165, 1.54) is 12.3 Å². The average Bonchev–Trinajstić information content (AvgIpc) is 3.17. The van der Waals surface area contributed by atoms with E-state index in [0.717, 1.165) is 0 Å². The highest BCUT2D eigenvalue weighted by Crippen LogP contribution is 2.32. The smallest absolute Gasteiger partial charge is 0.387 e. The quantitative estimate of drug-likeness (QED) is 0.762. The number of hydrogen-bond donors (Lipinski definition) is 1. The Hall–Kier alpha value is -2.82. The van der Waals surface area contributed by atoms with Crippen LogP contribution in [0.5, 0.6) is 5.75 Å². The van der Waals surface area contributed by atoms with Gasteiger partial charge in [-0.3, -0.25) is 0 Å². The van der Waals surface area contributed by atoms with Crippen molar-refractivity contribution in [1.29, 1.82) is 0 Å². The lowest BCUT2D eigenvalue weighted by atomic mass is 10.1. The van der Waals surface area contributed by atoms with Gasteiger partial charge in [0.2, 0.25) is 5.95 Å². The fourth-order valence-electron chi connectivity index (χ4n) is 3.77. The Labute approximate surface area is 178 Å². The first-order valence-corrected chi connectivity index (χ1v) is 10.2. The molecule has 2 fully saturated rings. The number of anilines is 3. The highest BCUT2D eigenvalue weighted by molar-refractivity contribution is 5.68. The van der Waals surface area contributed by atoms with Crippen LogP contribution in [0, 0.1) is 0 Å². The highest BCUT2D eigenvalue weighted by Gasteiger charge is 2.29. The molecule has 2 N–H and O–H groups in total. The lowest BCUT2D eigenvalue weighted by Crippen LogP contribution is -2.48. The lowest BCUT2D eigenvalue weighted by Gasteiger charge is -2.38. The number of halogens is 3. The summed E-state index contributed by atoms with van der Waals surface area (Å²) >= 11 is 0. The zero-order valence-electron chi connectivity index (χ0n) is 17.3. The maximum absolute atomic E-state index is 13.8. The van der Waals surface area contributed by atoms with Crippen molar-refractivity contribution < 1.29 is 22.6 Å². The van der Waals surface area contributed by atoms with Crippen molar-refractivity contribution in [3.8, 4) is 17.0 Å². The summed E-state index contributed by atoms with van der Waals surface area (Å²) < 4.78 is 49.5. The molecule has 0 aromatic carbocycles. The molecule has 3 atom stereocenters. The number of rotatable bonds is 5. The predicted octanol–water partition coefficient (Wildman–Crippen LogP) is 2.88. The standard InChI is InChI=1S/C20H25F3N6O2/c1-11-10-30-12(2)8-29(11)17-6-15(26-20(27-17)28-4-3-14(21)9-28)13-5-16(31-19(22)23)18(24)25-7-13/h5-7,11-12,14,19H,3-4,8-10H2,1-2H3,(H2,24,25)/t11-,12-,14?/m0/s1. The number of alkyl halides is 3. The first-order chi connectivity index (χ1) is 14.8. The Morgan fingerprint density at radius 2 is 2.03 bits per heavy atom. The number of nitrogens with zero attached hydrogens (tertiary/aromatic N) is 5. The molecule has 1 unspecified atom stereocenters. The molecule has 0 saturated carbocycles. The van der Waals surface area contributed by atoms with Gasteiger partial charge in [-0.25, -0.2) is 14.4 Å². The minimum atomic E-state index is -3.03. The second kappa shape index (κ2) is 8.74. The molecular weight excluding hydrogens is 413 g/mol. The zero-order valence-corrected chi connectivity index (χ0v) is 17.3. The molecule has 31 heavy (non-hydrogen) atoms. The Bertz CT molecular complexity index is 934. The fraction of sp³-hybridized carbons (Fsp3) is 0.550. The molecular formula is C20H25F3N6O2. The van der Waals surface area contributed by atoms with Crippen LogP contribution in [0.15, 0.2) is 18.3 Å². The zero-order chi connectivity index (χ0) is 22.1. The monoisotopic (exact) mass is 438 g/mol. The first kappa shape index (κ1) is 21.4. The van der Waals surface area contributed by atoms with E-state index >= 15 is 0 Å². The second-order valence-electron chi connectivity index (χ2n) is 7.87. The molecule has 0 bridgehead atoms. The van der Waals surface area contributed by atoms with Crippen molar-refractivity contribution in [1.82, 2.24) is 15.0 Å². The first-order valence-electron chi connectivity index (χ1n) is 10.2. The number of morpholine rings is 1. The van der Waals surface area contributed by atoms with Gasteiger partial charge in [-0.15, -0.1) is 0 Å². The van der Waals surface area contributed by atoms with Crippen molar-refractivity contribution in [2.45, 2.75) is 45.2 Å². The molecule has 168 valence electrons. The average molecular weight is 438 g/mol.